The molecule has 1 aliphatic rings. The number of likely N-dealkylation sites (tertiary alicyclic amines) is 1. The average Bonchev–Trinajstić information content (AvgIpc) is 2.61. The van der Waals surface area contributed by atoms with E-state index in [-0.39, 0.29) is 18.4 Å². The van der Waals surface area contributed by atoms with Crippen LogP contribution >= 0.6 is 11.6 Å². The molecule has 1 aromatic rings. The highest BCUT2D eigenvalue weighted by Gasteiger charge is 2.39. The summed E-state index contributed by atoms with van der Waals surface area (Å²) in [6, 6.07) is 6.86. The van der Waals surface area contributed by atoms with Crippen molar-refractivity contribution in [3.63, 3.8) is 0 Å². The first-order chi connectivity index (χ1) is 13.4. The van der Waals surface area contributed by atoms with Crippen molar-refractivity contribution in [2.24, 2.45) is 5.92 Å². The predicted octanol–water partition coefficient (Wildman–Crippen LogP) is 4.75. The van der Waals surface area contributed by atoms with E-state index < -0.39 is 23.8 Å². The predicted molar refractivity (Wildman–Crippen MR) is 104 cm³/mol. The van der Waals surface area contributed by atoms with Crippen LogP contribution in [-0.4, -0.2) is 48.3 Å². The molecule has 0 saturated carbocycles. The number of hydrogen-bond donors (Lipinski definition) is 1. The number of nitrogens with zero attached hydrogens (tertiary/aromatic N) is 1. The van der Waals surface area contributed by atoms with Crippen LogP contribution < -0.4 is 5.32 Å². The summed E-state index contributed by atoms with van der Waals surface area (Å²) in [5, 5.41) is 2.52. The largest absolute Gasteiger partial charge is 0.471 e. The molecule has 1 saturated heterocycles. The van der Waals surface area contributed by atoms with Crippen molar-refractivity contribution in [1.29, 1.82) is 0 Å². The molecule has 1 N–H and O–H groups in total. The van der Waals surface area contributed by atoms with E-state index in [0.29, 0.717) is 31.0 Å². The summed E-state index contributed by atoms with van der Waals surface area (Å²) < 4.78 is 43.1. The minimum Gasteiger partial charge on any atom is -0.444 e. The number of alkyl halides is 3. The number of ether oxygens (including phenoxy) is 1. The van der Waals surface area contributed by atoms with Crippen LogP contribution in [0.15, 0.2) is 24.3 Å². The van der Waals surface area contributed by atoms with Crippen LogP contribution in [0.5, 0.6) is 0 Å². The van der Waals surface area contributed by atoms with Crippen molar-refractivity contribution >= 4 is 23.6 Å². The fourth-order valence-corrected chi connectivity index (χ4v) is 3.51. The molecule has 1 aromatic carbocycles. The van der Waals surface area contributed by atoms with Crippen molar-refractivity contribution in [3.8, 4) is 0 Å². The molecule has 1 fully saturated rings. The van der Waals surface area contributed by atoms with Crippen molar-refractivity contribution < 1.29 is 27.5 Å². The van der Waals surface area contributed by atoms with Gasteiger partial charge in [0.2, 0.25) is 0 Å². The molecule has 0 bridgehead atoms. The van der Waals surface area contributed by atoms with E-state index in [1.807, 2.05) is 5.32 Å². The Balaban J connectivity index is 2.07. The van der Waals surface area contributed by atoms with E-state index >= 15 is 0 Å². The fourth-order valence-electron chi connectivity index (χ4n) is 3.38. The zero-order chi connectivity index (χ0) is 21.8. The van der Waals surface area contributed by atoms with Gasteiger partial charge in [-0.25, -0.2) is 4.79 Å². The van der Waals surface area contributed by atoms with Crippen molar-refractivity contribution in [2.45, 2.75) is 51.3 Å². The SMILES string of the molecule is CC(C)(C)OC(=O)N1CCC(C(CNC(=O)C(F)(F)F)c2ccc(Cl)cc2)CC1. The number of benzene rings is 1. The Morgan fingerprint density at radius 3 is 2.21 bits per heavy atom. The molecule has 1 aliphatic heterocycles. The number of piperidine rings is 1. The van der Waals surface area contributed by atoms with E-state index in [9.17, 15) is 22.8 Å². The second-order valence-corrected chi connectivity index (χ2v) is 8.61. The third-order valence-corrected chi connectivity index (χ3v) is 5.05. The third kappa shape index (κ3) is 7.10. The summed E-state index contributed by atoms with van der Waals surface area (Å²) in [6.45, 7) is 6.11. The number of rotatable bonds is 4. The first kappa shape index (κ1) is 23.3. The van der Waals surface area contributed by atoms with Gasteiger partial charge in [-0.15, -0.1) is 0 Å². The smallest absolute Gasteiger partial charge is 0.444 e. The Morgan fingerprint density at radius 2 is 1.72 bits per heavy atom. The first-order valence-electron chi connectivity index (χ1n) is 9.45. The molecule has 1 atom stereocenters. The van der Waals surface area contributed by atoms with Crippen LogP contribution in [0.4, 0.5) is 18.0 Å². The topological polar surface area (TPSA) is 58.6 Å². The van der Waals surface area contributed by atoms with Gasteiger partial charge in [0.25, 0.3) is 0 Å². The number of carbonyl (C=O) groups is 2. The van der Waals surface area contributed by atoms with E-state index in [1.54, 1.807) is 49.9 Å². The van der Waals surface area contributed by atoms with Gasteiger partial charge in [-0.05, 0) is 57.2 Å². The standard InChI is InChI=1S/C20H26ClF3N2O3/c1-19(2,3)29-18(28)26-10-8-14(9-11-26)16(12-25-17(27)20(22,23)24)13-4-6-15(21)7-5-13/h4-7,14,16H,8-12H2,1-3H3,(H,25,27). The molecule has 1 heterocycles. The molecular weight excluding hydrogens is 409 g/mol. The molecule has 9 heteroatoms. The maximum atomic E-state index is 12.6. The number of amides is 2. The van der Waals surface area contributed by atoms with Crippen molar-refractivity contribution in [2.75, 3.05) is 19.6 Å². The summed E-state index contributed by atoms with van der Waals surface area (Å²) in [4.78, 5) is 25.1. The minimum absolute atomic E-state index is 0.00314. The number of halogens is 4. The van der Waals surface area contributed by atoms with E-state index in [2.05, 4.69) is 0 Å². The van der Waals surface area contributed by atoms with Crippen molar-refractivity contribution in [3.05, 3.63) is 34.9 Å². The summed E-state index contributed by atoms with van der Waals surface area (Å²) in [5.74, 6) is -2.27. The highest BCUT2D eigenvalue weighted by Crippen LogP contribution is 2.33. The summed E-state index contributed by atoms with van der Waals surface area (Å²) in [7, 11) is 0. The number of nitrogens with one attached hydrogen (secondary N) is 1. The quantitative estimate of drug-likeness (QED) is 0.744. The minimum atomic E-state index is -4.93. The van der Waals surface area contributed by atoms with Crippen LogP contribution in [0.1, 0.15) is 45.1 Å². The van der Waals surface area contributed by atoms with Gasteiger partial charge < -0.3 is 15.0 Å². The van der Waals surface area contributed by atoms with Crippen LogP contribution in [0.3, 0.4) is 0 Å². The van der Waals surface area contributed by atoms with Gasteiger partial charge in [-0.3, -0.25) is 4.79 Å². The van der Waals surface area contributed by atoms with Gasteiger partial charge in [-0.1, -0.05) is 23.7 Å². The van der Waals surface area contributed by atoms with Gasteiger partial charge in [-0.2, -0.15) is 13.2 Å². The Morgan fingerprint density at radius 1 is 1.17 bits per heavy atom. The lowest BCUT2D eigenvalue weighted by Crippen LogP contribution is -2.44. The van der Waals surface area contributed by atoms with E-state index in [4.69, 9.17) is 16.3 Å². The molecule has 0 aromatic heterocycles. The molecule has 0 radical (unpaired) electrons. The molecule has 2 amide bonds. The van der Waals surface area contributed by atoms with E-state index in [0.717, 1.165) is 5.56 Å². The highest BCUT2D eigenvalue weighted by atomic mass is 35.5. The lowest BCUT2D eigenvalue weighted by atomic mass is 9.80. The zero-order valence-corrected chi connectivity index (χ0v) is 17.4. The Bertz CT molecular complexity index is 709. The summed E-state index contributed by atoms with van der Waals surface area (Å²) in [5.41, 5.74) is 0.203. The molecule has 162 valence electrons. The maximum absolute atomic E-state index is 12.6. The molecule has 2 rings (SSSR count). The van der Waals surface area contributed by atoms with Crippen LogP contribution in [0.25, 0.3) is 0 Å². The summed E-state index contributed by atoms with van der Waals surface area (Å²) >= 11 is 5.92. The van der Waals surface area contributed by atoms with Crippen LogP contribution in [0, 0.1) is 5.92 Å². The van der Waals surface area contributed by atoms with Gasteiger partial charge in [0.1, 0.15) is 5.60 Å². The lowest BCUT2D eigenvalue weighted by Gasteiger charge is -2.37. The molecule has 0 aliphatic carbocycles. The van der Waals surface area contributed by atoms with Gasteiger partial charge in [0.15, 0.2) is 0 Å². The average molecular weight is 435 g/mol. The second kappa shape index (κ2) is 9.24. The number of hydrogen-bond acceptors (Lipinski definition) is 3. The zero-order valence-electron chi connectivity index (χ0n) is 16.7. The Kier molecular flexibility index (Phi) is 7.43. The second-order valence-electron chi connectivity index (χ2n) is 8.17. The monoisotopic (exact) mass is 434 g/mol. The molecule has 29 heavy (non-hydrogen) atoms. The molecule has 1 unspecified atom stereocenters. The molecular formula is C20H26ClF3N2O3. The van der Waals surface area contributed by atoms with Crippen LogP contribution in [0.2, 0.25) is 5.02 Å². The van der Waals surface area contributed by atoms with Gasteiger partial charge in [0, 0.05) is 30.6 Å². The van der Waals surface area contributed by atoms with Crippen molar-refractivity contribution in [1.82, 2.24) is 10.2 Å². The Hall–Kier alpha value is -1.96. The normalized spacial score (nSPS) is 17.0. The summed E-state index contributed by atoms with van der Waals surface area (Å²) in [6.07, 6.45) is -4.14. The molecule has 0 spiro atoms. The first-order valence-corrected chi connectivity index (χ1v) is 9.83. The third-order valence-electron chi connectivity index (χ3n) is 4.80. The molecule has 5 nitrogen and oxygen atoms in total. The van der Waals surface area contributed by atoms with E-state index in [1.165, 1.54) is 0 Å². The van der Waals surface area contributed by atoms with Crippen LogP contribution in [-0.2, 0) is 9.53 Å². The maximum Gasteiger partial charge on any atom is 0.471 e. The lowest BCUT2D eigenvalue weighted by molar-refractivity contribution is -0.173. The van der Waals surface area contributed by atoms with Gasteiger partial charge >= 0.3 is 18.2 Å². The Labute approximate surface area is 173 Å². The van der Waals surface area contributed by atoms with Gasteiger partial charge in [0.05, 0.1) is 0 Å². The number of carbonyl (C=O) groups excluding carboxylic acids is 2. The fraction of sp³-hybridized carbons (Fsp3) is 0.600. The highest BCUT2D eigenvalue weighted by molar-refractivity contribution is 6.30.